The Morgan fingerprint density at radius 2 is 1.69 bits per heavy atom. The van der Waals surface area contributed by atoms with Crippen LogP contribution in [0.4, 0.5) is 10.1 Å². The zero-order valence-electron chi connectivity index (χ0n) is 15.7. The minimum atomic E-state index is -0.369. The normalized spacial score (nSPS) is 14.6. The molecule has 1 aliphatic heterocycles. The molecule has 148 valence electrons. The fourth-order valence-electron chi connectivity index (χ4n) is 3.40. The number of rotatable bonds is 4. The standard InChI is InChI=1S/C21H20FN5O2/c22-17-3-1-16(2-4-17)21(29)26-11-9-15(10-12-26)20(28)25-18-5-7-19(8-6-18)27-14-23-13-24-27/h1-8,13-15H,9-12H2,(H,25,28). The van der Waals surface area contributed by atoms with Crippen LogP contribution in [0.1, 0.15) is 23.2 Å². The van der Waals surface area contributed by atoms with Crippen LogP contribution in [-0.4, -0.2) is 44.6 Å². The molecule has 3 aromatic rings. The molecule has 2 amide bonds. The number of nitrogens with one attached hydrogen (secondary N) is 1. The van der Waals surface area contributed by atoms with Crippen molar-refractivity contribution in [1.82, 2.24) is 19.7 Å². The largest absolute Gasteiger partial charge is 0.339 e. The highest BCUT2D eigenvalue weighted by Crippen LogP contribution is 2.21. The third kappa shape index (κ3) is 4.31. The number of carbonyl (C=O) groups is 2. The lowest BCUT2D eigenvalue weighted by molar-refractivity contribution is -0.121. The van der Waals surface area contributed by atoms with Gasteiger partial charge in [-0.1, -0.05) is 0 Å². The molecule has 1 aromatic heterocycles. The Kier molecular flexibility index (Phi) is 5.33. The Labute approximate surface area is 167 Å². The summed E-state index contributed by atoms with van der Waals surface area (Å²) in [5, 5.41) is 7.00. The first kappa shape index (κ1) is 18.8. The summed E-state index contributed by atoms with van der Waals surface area (Å²) in [5.41, 5.74) is 2.03. The maximum Gasteiger partial charge on any atom is 0.253 e. The maximum atomic E-state index is 13.0. The SMILES string of the molecule is O=C(Nc1ccc(-n2cncn2)cc1)C1CCN(C(=O)c2ccc(F)cc2)CC1. The first-order valence-corrected chi connectivity index (χ1v) is 9.41. The highest BCUT2D eigenvalue weighted by molar-refractivity contribution is 5.95. The average Bonchev–Trinajstić information content (AvgIpc) is 3.29. The van der Waals surface area contributed by atoms with E-state index < -0.39 is 0 Å². The second kappa shape index (κ2) is 8.22. The zero-order chi connectivity index (χ0) is 20.2. The summed E-state index contributed by atoms with van der Waals surface area (Å²) in [6.07, 6.45) is 4.25. The van der Waals surface area contributed by atoms with Crippen LogP contribution in [0.2, 0.25) is 0 Å². The van der Waals surface area contributed by atoms with E-state index in [2.05, 4.69) is 15.4 Å². The van der Waals surface area contributed by atoms with E-state index in [-0.39, 0.29) is 23.5 Å². The molecular formula is C21H20FN5O2. The zero-order valence-corrected chi connectivity index (χ0v) is 15.7. The van der Waals surface area contributed by atoms with Crippen molar-refractivity contribution in [2.75, 3.05) is 18.4 Å². The Hall–Kier alpha value is -3.55. The van der Waals surface area contributed by atoms with Crippen LogP contribution in [0.25, 0.3) is 5.69 Å². The second-order valence-corrected chi connectivity index (χ2v) is 6.95. The molecule has 0 unspecified atom stereocenters. The highest BCUT2D eigenvalue weighted by Gasteiger charge is 2.27. The van der Waals surface area contributed by atoms with E-state index in [4.69, 9.17) is 0 Å². The number of amides is 2. The molecule has 0 spiro atoms. The molecule has 0 atom stereocenters. The van der Waals surface area contributed by atoms with E-state index in [1.165, 1.54) is 30.6 Å². The van der Waals surface area contributed by atoms with E-state index in [1.54, 1.807) is 15.9 Å². The topological polar surface area (TPSA) is 80.1 Å². The predicted molar refractivity (Wildman–Crippen MR) is 105 cm³/mol. The lowest BCUT2D eigenvalue weighted by Crippen LogP contribution is -2.41. The van der Waals surface area contributed by atoms with Gasteiger partial charge in [-0.15, -0.1) is 0 Å². The van der Waals surface area contributed by atoms with Crippen molar-refractivity contribution < 1.29 is 14.0 Å². The molecule has 8 heteroatoms. The van der Waals surface area contributed by atoms with E-state index >= 15 is 0 Å². The van der Waals surface area contributed by atoms with Gasteiger partial charge in [-0.3, -0.25) is 9.59 Å². The molecule has 0 radical (unpaired) electrons. The lowest BCUT2D eigenvalue weighted by Gasteiger charge is -2.31. The number of anilines is 1. The Bertz CT molecular complexity index is 979. The molecule has 7 nitrogen and oxygen atoms in total. The summed E-state index contributed by atoms with van der Waals surface area (Å²) in [7, 11) is 0. The van der Waals surface area contributed by atoms with Crippen LogP contribution in [0.3, 0.4) is 0 Å². The van der Waals surface area contributed by atoms with Crippen LogP contribution in [0.5, 0.6) is 0 Å². The van der Waals surface area contributed by atoms with Crippen LogP contribution in [0, 0.1) is 11.7 Å². The quantitative estimate of drug-likeness (QED) is 0.739. The highest BCUT2D eigenvalue weighted by atomic mass is 19.1. The number of piperidine rings is 1. The fourth-order valence-corrected chi connectivity index (χ4v) is 3.40. The number of likely N-dealkylation sites (tertiary alicyclic amines) is 1. The van der Waals surface area contributed by atoms with Gasteiger partial charge in [0, 0.05) is 30.3 Å². The Morgan fingerprint density at radius 3 is 2.31 bits per heavy atom. The molecular weight excluding hydrogens is 373 g/mol. The van der Waals surface area contributed by atoms with Crippen molar-refractivity contribution in [3.63, 3.8) is 0 Å². The molecule has 29 heavy (non-hydrogen) atoms. The van der Waals surface area contributed by atoms with E-state index in [0.717, 1.165) is 5.69 Å². The van der Waals surface area contributed by atoms with Gasteiger partial charge in [0.15, 0.2) is 0 Å². The Balaban J connectivity index is 1.31. The summed E-state index contributed by atoms with van der Waals surface area (Å²) >= 11 is 0. The average molecular weight is 393 g/mol. The minimum absolute atomic E-state index is 0.0487. The third-order valence-electron chi connectivity index (χ3n) is 5.06. The molecule has 0 aliphatic carbocycles. The number of halogens is 1. The van der Waals surface area contributed by atoms with Gasteiger partial charge in [-0.05, 0) is 61.4 Å². The van der Waals surface area contributed by atoms with Crippen molar-refractivity contribution in [3.8, 4) is 5.69 Å². The van der Waals surface area contributed by atoms with Crippen molar-refractivity contribution >= 4 is 17.5 Å². The van der Waals surface area contributed by atoms with Crippen molar-refractivity contribution in [2.24, 2.45) is 5.92 Å². The summed E-state index contributed by atoms with van der Waals surface area (Å²) in [5.74, 6) is -0.701. The summed E-state index contributed by atoms with van der Waals surface area (Å²) in [4.78, 5) is 30.7. The van der Waals surface area contributed by atoms with Gasteiger partial charge in [0.1, 0.15) is 18.5 Å². The predicted octanol–water partition coefficient (Wildman–Crippen LogP) is 2.90. The smallest absolute Gasteiger partial charge is 0.253 e. The van der Waals surface area contributed by atoms with Crippen LogP contribution < -0.4 is 5.32 Å². The number of nitrogens with zero attached hydrogens (tertiary/aromatic N) is 4. The van der Waals surface area contributed by atoms with Gasteiger partial charge in [-0.25, -0.2) is 14.1 Å². The fraction of sp³-hybridized carbons (Fsp3) is 0.238. The molecule has 4 rings (SSSR count). The first-order valence-electron chi connectivity index (χ1n) is 9.41. The number of aromatic nitrogens is 3. The number of hydrogen-bond acceptors (Lipinski definition) is 4. The summed E-state index contributed by atoms with van der Waals surface area (Å²) < 4.78 is 14.7. The number of hydrogen-bond donors (Lipinski definition) is 1. The Morgan fingerprint density at radius 1 is 1.00 bits per heavy atom. The number of benzene rings is 2. The van der Waals surface area contributed by atoms with Crippen LogP contribution in [-0.2, 0) is 4.79 Å². The van der Waals surface area contributed by atoms with Crippen LogP contribution >= 0.6 is 0 Å². The second-order valence-electron chi connectivity index (χ2n) is 6.95. The molecule has 2 aromatic carbocycles. The van der Waals surface area contributed by atoms with Crippen LogP contribution in [0.15, 0.2) is 61.2 Å². The minimum Gasteiger partial charge on any atom is -0.339 e. The number of carbonyl (C=O) groups excluding carboxylic acids is 2. The van der Waals surface area contributed by atoms with Gasteiger partial charge in [0.2, 0.25) is 5.91 Å². The summed E-state index contributed by atoms with van der Waals surface area (Å²) in [6.45, 7) is 0.999. The lowest BCUT2D eigenvalue weighted by atomic mass is 9.95. The summed E-state index contributed by atoms with van der Waals surface area (Å²) in [6, 6.07) is 12.9. The first-order chi connectivity index (χ1) is 14.1. The van der Waals surface area contributed by atoms with E-state index in [0.29, 0.717) is 37.2 Å². The molecule has 2 heterocycles. The van der Waals surface area contributed by atoms with Gasteiger partial charge in [0.05, 0.1) is 5.69 Å². The van der Waals surface area contributed by atoms with Crippen molar-refractivity contribution in [3.05, 3.63) is 72.6 Å². The van der Waals surface area contributed by atoms with Gasteiger partial charge in [-0.2, -0.15) is 5.10 Å². The molecule has 0 saturated carbocycles. The van der Waals surface area contributed by atoms with Gasteiger partial charge < -0.3 is 10.2 Å². The van der Waals surface area contributed by atoms with E-state index in [1.807, 2.05) is 24.3 Å². The van der Waals surface area contributed by atoms with Crippen molar-refractivity contribution in [1.29, 1.82) is 0 Å². The van der Waals surface area contributed by atoms with E-state index in [9.17, 15) is 14.0 Å². The molecule has 1 fully saturated rings. The van der Waals surface area contributed by atoms with Gasteiger partial charge >= 0.3 is 0 Å². The molecule has 1 aliphatic rings. The van der Waals surface area contributed by atoms with Gasteiger partial charge in [0.25, 0.3) is 5.91 Å². The van der Waals surface area contributed by atoms with Crippen molar-refractivity contribution in [2.45, 2.75) is 12.8 Å². The maximum absolute atomic E-state index is 13.0. The molecule has 1 saturated heterocycles. The molecule has 0 bridgehead atoms. The molecule has 1 N–H and O–H groups in total. The third-order valence-corrected chi connectivity index (χ3v) is 5.06. The monoisotopic (exact) mass is 393 g/mol.